The summed E-state index contributed by atoms with van der Waals surface area (Å²) in [5.41, 5.74) is 4.52. The number of benzene rings is 2. The van der Waals surface area contributed by atoms with E-state index in [1.807, 2.05) is 30.5 Å². The van der Waals surface area contributed by atoms with Crippen LogP contribution < -0.4 is 15.5 Å². The van der Waals surface area contributed by atoms with E-state index in [0.717, 1.165) is 50.5 Å². The van der Waals surface area contributed by atoms with E-state index in [4.69, 9.17) is 0 Å². The van der Waals surface area contributed by atoms with Crippen molar-refractivity contribution in [1.82, 2.24) is 15.1 Å². The highest BCUT2D eigenvalue weighted by Gasteiger charge is 2.27. The minimum absolute atomic E-state index is 0.0291. The lowest BCUT2D eigenvalue weighted by atomic mass is 9.95. The van der Waals surface area contributed by atoms with Crippen LogP contribution in [-0.4, -0.2) is 81.2 Å². The summed E-state index contributed by atoms with van der Waals surface area (Å²) in [4.78, 5) is 33.3. The standard InChI is InChI=1S/C26H35N5O2S/c1-29-13-15-31(16-14-29)23(20-10-11-22-19(17-20)7-6-12-30(22)2)18-27-25(32)26(33)28-21-8-4-5-9-24(21)34-3/h4-5,8-11,17,23H,6-7,12-16,18H2,1-3H3,(H,27,32)(H,28,33)/t23-/m0/s1. The molecule has 0 saturated carbocycles. The van der Waals surface area contributed by atoms with Crippen LogP contribution in [0.2, 0.25) is 0 Å². The molecule has 2 N–H and O–H groups in total. The molecule has 8 heteroatoms. The molecule has 0 radical (unpaired) electrons. The third-order valence-corrected chi connectivity index (χ3v) is 7.63. The van der Waals surface area contributed by atoms with E-state index in [-0.39, 0.29) is 6.04 Å². The van der Waals surface area contributed by atoms with Crippen LogP contribution in [0.25, 0.3) is 0 Å². The Balaban J connectivity index is 1.47. The first-order valence-corrected chi connectivity index (χ1v) is 13.2. The highest BCUT2D eigenvalue weighted by Crippen LogP contribution is 2.31. The van der Waals surface area contributed by atoms with Crippen LogP contribution in [0.3, 0.4) is 0 Å². The third kappa shape index (κ3) is 5.74. The minimum atomic E-state index is -0.634. The molecule has 34 heavy (non-hydrogen) atoms. The van der Waals surface area contributed by atoms with Crippen molar-refractivity contribution in [2.75, 3.05) is 69.8 Å². The number of carbonyl (C=O) groups is 2. The highest BCUT2D eigenvalue weighted by molar-refractivity contribution is 7.98. The minimum Gasteiger partial charge on any atom is -0.374 e. The lowest BCUT2D eigenvalue weighted by molar-refractivity contribution is -0.136. The Morgan fingerprint density at radius 3 is 2.53 bits per heavy atom. The summed E-state index contributed by atoms with van der Waals surface area (Å²) in [5.74, 6) is -1.24. The van der Waals surface area contributed by atoms with Gasteiger partial charge < -0.3 is 20.4 Å². The number of nitrogens with one attached hydrogen (secondary N) is 2. The van der Waals surface area contributed by atoms with Crippen LogP contribution in [0, 0.1) is 0 Å². The maximum atomic E-state index is 12.7. The average molecular weight is 482 g/mol. The van der Waals surface area contributed by atoms with Crippen LogP contribution in [0.15, 0.2) is 47.4 Å². The monoisotopic (exact) mass is 481 g/mol. The molecule has 0 aromatic heterocycles. The zero-order chi connectivity index (χ0) is 24.1. The summed E-state index contributed by atoms with van der Waals surface area (Å²) in [7, 11) is 4.28. The Bertz CT molecular complexity index is 1020. The molecule has 2 heterocycles. The third-order valence-electron chi connectivity index (χ3n) is 6.84. The average Bonchev–Trinajstić information content (AvgIpc) is 2.85. The van der Waals surface area contributed by atoms with Crippen molar-refractivity contribution < 1.29 is 9.59 Å². The summed E-state index contributed by atoms with van der Waals surface area (Å²) in [6.07, 6.45) is 4.18. The molecule has 0 bridgehead atoms. The lowest BCUT2D eigenvalue weighted by Gasteiger charge is -2.39. The molecule has 0 unspecified atom stereocenters. The van der Waals surface area contributed by atoms with E-state index in [9.17, 15) is 9.59 Å². The van der Waals surface area contributed by atoms with Gasteiger partial charge in [0.2, 0.25) is 0 Å². The number of amides is 2. The largest absolute Gasteiger partial charge is 0.374 e. The number of thioether (sulfide) groups is 1. The molecule has 0 aliphatic carbocycles. The maximum Gasteiger partial charge on any atom is 0.313 e. The predicted molar refractivity (Wildman–Crippen MR) is 140 cm³/mol. The van der Waals surface area contributed by atoms with E-state index in [1.54, 1.807) is 0 Å². The summed E-state index contributed by atoms with van der Waals surface area (Å²) >= 11 is 1.53. The van der Waals surface area contributed by atoms with Gasteiger partial charge in [0.15, 0.2) is 0 Å². The first kappa shape index (κ1) is 24.6. The molecule has 2 aromatic rings. The molecule has 1 saturated heterocycles. The molecule has 2 aromatic carbocycles. The Morgan fingerprint density at radius 2 is 1.76 bits per heavy atom. The van der Waals surface area contributed by atoms with Crippen LogP contribution in [0.1, 0.15) is 23.6 Å². The highest BCUT2D eigenvalue weighted by atomic mass is 32.2. The van der Waals surface area contributed by atoms with E-state index in [2.05, 4.69) is 57.6 Å². The van der Waals surface area contributed by atoms with Gasteiger partial charge in [0.05, 0.1) is 11.7 Å². The number of likely N-dealkylation sites (N-methyl/N-ethyl adjacent to an activating group) is 1. The van der Waals surface area contributed by atoms with Gasteiger partial charge in [-0.15, -0.1) is 11.8 Å². The fourth-order valence-corrected chi connectivity index (χ4v) is 5.35. The van der Waals surface area contributed by atoms with Crippen molar-refractivity contribution in [1.29, 1.82) is 0 Å². The molecule has 2 aliphatic rings. The Hall–Kier alpha value is -2.55. The van der Waals surface area contributed by atoms with Crippen molar-refractivity contribution in [3.8, 4) is 0 Å². The second kappa shape index (κ2) is 11.3. The van der Waals surface area contributed by atoms with Crippen molar-refractivity contribution in [2.24, 2.45) is 0 Å². The van der Waals surface area contributed by atoms with Gasteiger partial charge in [-0.3, -0.25) is 14.5 Å². The number of carbonyl (C=O) groups excluding carboxylic acids is 2. The molecule has 2 aliphatic heterocycles. The number of aryl methyl sites for hydroxylation is 1. The molecule has 182 valence electrons. The SMILES string of the molecule is CSc1ccccc1NC(=O)C(=O)NC[C@@H](c1ccc2c(c1)CCCN2C)N1CCN(C)CC1. The van der Waals surface area contributed by atoms with Gasteiger partial charge in [-0.1, -0.05) is 24.3 Å². The van der Waals surface area contributed by atoms with Crippen molar-refractivity contribution in [2.45, 2.75) is 23.8 Å². The molecular formula is C26H35N5O2S. The fourth-order valence-electron chi connectivity index (χ4n) is 4.80. The Kier molecular flexibility index (Phi) is 8.13. The smallest absolute Gasteiger partial charge is 0.313 e. The van der Waals surface area contributed by atoms with Gasteiger partial charge >= 0.3 is 11.8 Å². The zero-order valence-electron chi connectivity index (χ0n) is 20.3. The summed E-state index contributed by atoms with van der Waals surface area (Å²) in [6.45, 7) is 5.32. The summed E-state index contributed by atoms with van der Waals surface area (Å²) in [6, 6.07) is 14.2. The van der Waals surface area contributed by atoms with Crippen LogP contribution in [0.5, 0.6) is 0 Å². The molecule has 1 atom stereocenters. The molecule has 2 amide bonds. The topological polar surface area (TPSA) is 67.9 Å². The number of hydrogen-bond donors (Lipinski definition) is 2. The zero-order valence-corrected chi connectivity index (χ0v) is 21.2. The fraction of sp³-hybridized carbons (Fsp3) is 0.462. The molecule has 1 fully saturated rings. The van der Waals surface area contributed by atoms with E-state index in [1.165, 1.54) is 28.6 Å². The van der Waals surface area contributed by atoms with E-state index in [0.29, 0.717) is 12.2 Å². The van der Waals surface area contributed by atoms with Crippen molar-refractivity contribution in [3.63, 3.8) is 0 Å². The van der Waals surface area contributed by atoms with Gasteiger partial charge in [-0.05, 0) is 55.5 Å². The van der Waals surface area contributed by atoms with Crippen molar-refractivity contribution >= 4 is 35.0 Å². The number of rotatable bonds is 6. The second-order valence-electron chi connectivity index (χ2n) is 9.13. The maximum absolute atomic E-state index is 12.7. The number of piperazine rings is 1. The van der Waals surface area contributed by atoms with Gasteiger partial charge in [0.25, 0.3) is 0 Å². The van der Waals surface area contributed by atoms with Crippen LogP contribution in [0.4, 0.5) is 11.4 Å². The number of hydrogen-bond acceptors (Lipinski definition) is 6. The number of para-hydroxylation sites is 1. The van der Waals surface area contributed by atoms with E-state index < -0.39 is 11.8 Å². The normalized spacial score (nSPS) is 17.7. The van der Waals surface area contributed by atoms with Gasteiger partial charge in [0.1, 0.15) is 0 Å². The second-order valence-corrected chi connectivity index (χ2v) is 9.98. The molecule has 0 spiro atoms. The van der Waals surface area contributed by atoms with Crippen molar-refractivity contribution in [3.05, 3.63) is 53.6 Å². The Labute approximate surface area is 206 Å². The number of fused-ring (bicyclic) bond motifs is 1. The first-order chi connectivity index (χ1) is 16.5. The van der Waals surface area contributed by atoms with Gasteiger partial charge in [-0.25, -0.2) is 0 Å². The van der Waals surface area contributed by atoms with Crippen LogP contribution >= 0.6 is 11.8 Å². The summed E-state index contributed by atoms with van der Waals surface area (Å²) in [5, 5.41) is 5.67. The first-order valence-electron chi connectivity index (χ1n) is 11.9. The molecule has 7 nitrogen and oxygen atoms in total. The molecule has 4 rings (SSSR count). The number of nitrogens with zero attached hydrogens (tertiary/aromatic N) is 3. The number of anilines is 2. The van der Waals surface area contributed by atoms with Gasteiger partial charge in [-0.2, -0.15) is 0 Å². The molecular weight excluding hydrogens is 446 g/mol. The summed E-state index contributed by atoms with van der Waals surface area (Å²) < 4.78 is 0. The predicted octanol–water partition coefficient (Wildman–Crippen LogP) is 2.83. The quantitative estimate of drug-likeness (QED) is 0.489. The van der Waals surface area contributed by atoms with Crippen LogP contribution in [-0.2, 0) is 16.0 Å². The Morgan fingerprint density at radius 1 is 1.00 bits per heavy atom. The lowest BCUT2D eigenvalue weighted by Crippen LogP contribution is -2.49. The van der Waals surface area contributed by atoms with E-state index >= 15 is 0 Å². The van der Waals surface area contributed by atoms with Gasteiger partial charge in [0, 0.05) is 56.9 Å².